The second kappa shape index (κ2) is 6.83. The van der Waals surface area contributed by atoms with Gasteiger partial charge in [0.1, 0.15) is 5.84 Å². The van der Waals surface area contributed by atoms with Crippen LogP contribution in [0.25, 0.3) is 21.5 Å². The van der Waals surface area contributed by atoms with Gasteiger partial charge in [-0.15, -0.1) is 0 Å². The van der Waals surface area contributed by atoms with Crippen LogP contribution in [0.3, 0.4) is 0 Å². The van der Waals surface area contributed by atoms with Crippen LogP contribution in [0.1, 0.15) is 31.2 Å². The SMILES string of the molecule is C(=N/NC1=NCCCCC1)/c1c2ccccc2cc2ccccc12. The number of nitrogens with zero attached hydrogens (tertiary/aromatic N) is 2. The average Bonchev–Trinajstić information content (AvgIpc) is 2.90. The molecule has 3 aromatic carbocycles. The van der Waals surface area contributed by atoms with Gasteiger partial charge >= 0.3 is 0 Å². The van der Waals surface area contributed by atoms with Gasteiger partial charge in [-0.3, -0.25) is 10.4 Å². The first-order chi connectivity index (χ1) is 11.9. The lowest BCUT2D eigenvalue weighted by atomic mass is 9.97. The lowest BCUT2D eigenvalue weighted by Gasteiger charge is -2.08. The minimum Gasteiger partial charge on any atom is -0.271 e. The molecule has 1 aliphatic heterocycles. The smallest absolute Gasteiger partial charge is 0.117 e. The van der Waals surface area contributed by atoms with Crippen molar-refractivity contribution in [2.24, 2.45) is 10.1 Å². The van der Waals surface area contributed by atoms with Gasteiger partial charge < -0.3 is 0 Å². The van der Waals surface area contributed by atoms with Crippen molar-refractivity contribution in [1.29, 1.82) is 0 Å². The topological polar surface area (TPSA) is 36.8 Å². The van der Waals surface area contributed by atoms with E-state index in [0.29, 0.717) is 0 Å². The minimum absolute atomic E-state index is 0.912. The van der Waals surface area contributed by atoms with E-state index < -0.39 is 0 Å². The first-order valence-electron chi connectivity index (χ1n) is 8.65. The van der Waals surface area contributed by atoms with E-state index in [9.17, 15) is 0 Å². The number of hydrogen-bond acceptors (Lipinski definition) is 3. The molecule has 3 nitrogen and oxygen atoms in total. The summed E-state index contributed by atoms with van der Waals surface area (Å²) in [5.74, 6) is 1.01. The number of hydrogen-bond donors (Lipinski definition) is 1. The molecular weight excluding hydrogens is 294 g/mol. The Morgan fingerprint density at radius 3 is 2.33 bits per heavy atom. The maximum absolute atomic E-state index is 4.57. The second-order valence-corrected chi connectivity index (χ2v) is 6.24. The Morgan fingerprint density at radius 1 is 0.875 bits per heavy atom. The second-order valence-electron chi connectivity index (χ2n) is 6.24. The molecule has 0 saturated carbocycles. The highest BCUT2D eigenvalue weighted by atomic mass is 15.3. The standard InChI is InChI=1S/C21H21N3/c1-2-12-21(22-13-7-1)24-23-15-20-18-10-5-3-8-16(18)14-17-9-4-6-11-19(17)20/h3-6,8-11,14-15H,1-2,7,12-13H2,(H,22,24)/b23-15-. The first kappa shape index (κ1) is 14.9. The predicted octanol–water partition coefficient (Wildman–Crippen LogP) is 4.89. The molecule has 24 heavy (non-hydrogen) atoms. The van der Waals surface area contributed by atoms with Gasteiger partial charge in [-0.2, -0.15) is 5.10 Å². The van der Waals surface area contributed by atoms with Crippen LogP contribution < -0.4 is 5.43 Å². The summed E-state index contributed by atoms with van der Waals surface area (Å²) in [6, 6.07) is 19.2. The van der Waals surface area contributed by atoms with E-state index in [0.717, 1.165) is 24.4 Å². The fourth-order valence-corrected chi connectivity index (χ4v) is 3.32. The summed E-state index contributed by atoms with van der Waals surface area (Å²) in [7, 11) is 0. The van der Waals surface area contributed by atoms with Gasteiger partial charge in [0.05, 0.1) is 6.21 Å². The van der Waals surface area contributed by atoms with E-state index in [4.69, 9.17) is 0 Å². The molecule has 0 saturated heterocycles. The van der Waals surface area contributed by atoms with E-state index in [2.05, 4.69) is 70.1 Å². The normalized spacial score (nSPS) is 15.6. The molecular formula is C21H21N3. The Kier molecular flexibility index (Phi) is 4.24. The zero-order chi connectivity index (χ0) is 16.2. The fraction of sp³-hybridized carbons (Fsp3) is 0.238. The van der Waals surface area contributed by atoms with Crippen molar-refractivity contribution in [2.45, 2.75) is 25.7 Å². The van der Waals surface area contributed by atoms with E-state index in [1.807, 2.05) is 6.21 Å². The summed E-state index contributed by atoms with van der Waals surface area (Å²) >= 11 is 0. The van der Waals surface area contributed by atoms with Crippen LogP contribution in [0, 0.1) is 0 Å². The maximum Gasteiger partial charge on any atom is 0.117 e. The molecule has 3 heteroatoms. The summed E-state index contributed by atoms with van der Waals surface area (Å²) in [5.41, 5.74) is 4.32. The third kappa shape index (κ3) is 3.02. The van der Waals surface area contributed by atoms with E-state index in [-0.39, 0.29) is 0 Å². The van der Waals surface area contributed by atoms with Gasteiger partial charge in [-0.05, 0) is 40.5 Å². The van der Waals surface area contributed by atoms with Crippen LogP contribution >= 0.6 is 0 Å². The number of nitrogens with one attached hydrogen (secondary N) is 1. The molecule has 0 bridgehead atoms. The third-order valence-electron chi connectivity index (χ3n) is 4.57. The molecule has 120 valence electrons. The number of benzene rings is 3. The number of fused-ring (bicyclic) bond motifs is 2. The van der Waals surface area contributed by atoms with Crippen LogP contribution in [0.5, 0.6) is 0 Å². The van der Waals surface area contributed by atoms with E-state index in [1.54, 1.807) is 0 Å². The quantitative estimate of drug-likeness (QED) is 0.408. The maximum atomic E-state index is 4.57. The molecule has 0 radical (unpaired) electrons. The van der Waals surface area contributed by atoms with E-state index in [1.165, 1.54) is 40.8 Å². The van der Waals surface area contributed by atoms with Crippen molar-refractivity contribution in [3.63, 3.8) is 0 Å². The highest BCUT2D eigenvalue weighted by Crippen LogP contribution is 2.27. The van der Waals surface area contributed by atoms with Crippen LogP contribution in [0.4, 0.5) is 0 Å². The molecule has 0 unspecified atom stereocenters. The number of hydrazone groups is 1. The predicted molar refractivity (Wildman–Crippen MR) is 103 cm³/mol. The Balaban J connectivity index is 1.73. The van der Waals surface area contributed by atoms with Gasteiger partial charge in [-0.1, -0.05) is 55.0 Å². The van der Waals surface area contributed by atoms with Crippen molar-refractivity contribution < 1.29 is 0 Å². The molecule has 0 aliphatic carbocycles. The van der Waals surface area contributed by atoms with Gasteiger partial charge in [0.15, 0.2) is 0 Å². The van der Waals surface area contributed by atoms with Crippen molar-refractivity contribution >= 4 is 33.6 Å². The highest BCUT2D eigenvalue weighted by Gasteiger charge is 2.06. The minimum atomic E-state index is 0.912. The summed E-state index contributed by atoms with van der Waals surface area (Å²) in [6.45, 7) is 0.912. The summed E-state index contributed by atoms with van der Waals surface area (Å²) in [6.07, 6.45) is 6.57. The highest BCUT2D eigenvalue weighted by molar-refractivity contribution is 6.13. The molecule has 1 N–H and O–H groups in total. The molecule has 0 spiro atoms. The zero-order valence-corrected chi connectivity index (χ0v) is 13.7. The van der Waals surface area contributed by atoms with Crippen molar-refractivity contribution in [3.8, 4) is 0 Å². The number of aliphatic imine (C=N–C) groups is 1. The molecule has 0 atom stereocenters. The van der Waals surface area contributed by atoms with Gasteiger partial charge in [-0.25, -0.2) is 0 Å². The lowest BCUT2D eigenvalue weighted by Crippen LogP contribution is -2.17. The third-order valence-corrected chi connectivity index (χ3v) is 4.57. The van der Waals surface area contributed by atoms with Gasteiger partial charge in [0.25, 0.3) is 0 Å². The lowest BCUT2D eigenvalue weighted by molar-refractivity contribution is 0.729. The zero-order valence-electron chi connectivity index (χ0n) is 13.7. The number of rotatable bonds is 2. The van der Waals surface area contributed by atoms with Gasteiger partial charge in [0.2, 0.25) is 0 Å². The number of amidine groups is 1. The van der Waals surface area contributed by atoms with Crippen molar-refractivity contribution in [1.82, 2.24) is 5.43 Å². The summed E-state index contributed by atoms with van der Waals surface area (Å²) in [5, 5.41) is 9.43. The molecule has 0 aromatic heterocycles. The molecule has 1 heterocycles. The molecule has 1 aliphatic rings. The Hall–Kier alpha value is -2.68. The average molecular weight is 315 g/mol. The van der Waals surface area contributed by atoms with Crippen molar-refractivity contribution in [2.75, 3.05) is 6.54 Å². The monoisotopic (exact) mass is 315 g/mol. The van der Waals surface area contributed by atoms with Crippen LogP contribution in [0.15, 0.2) is 64.7 Å². The van der Waals surface area contributed by atoms with E-state index >= 15 is 0 Å². The Labute approximate surface area is 142 Å². The Bertz CT molecular complexity index is 871. The largest absolute Gasteiger partial charge is 0.271 e. The summed E-state index contributed by atoms with van der Waals surface area (Å²) in [4.78, 5) is 4.57. The molecule has 3 aromatic rings. The van der Waals surface area contributed by atoms with Crippen LogP contribution in [-0.2, 0) is 0 Å². The summed E-state index contributed by atoms with van der Waals surface area (Å²) < 4.78 is 0. The molecule has 0 fully saturated rings. The van der Waals surface area contributed by atoms with Gasteiger partial charge in [0, 0.05) is 18.5 Å². The molecule has 0 amide bonds. The van der Waals surface area contributed by atoms with Crippen LogP contribution in [-0.4, -0.2) is 18.6 Å². The Morgan fingerprint density at radius 2 is 1.58 bits per heavy atom. The fourth-order valence-electron chi connectivity index (χ4n) is 3.32. The molecule has 4 rings (SSSR count). The van der Waals surface area contributed by atoms with Crippen molar-refractivity contribution in [3.05, 3.63) is 60.2 Å². The first-order valence-corrected chi connectivity index (χ1v) is 8.65. The van der Waals surface area contributed by atoms with Crippen LogP contribution in [0.2, 0.25) is 0 Å².